The highest BCUT2D eigenvalue weighted by Gasteiger charge is 2.52. The fourth-order valence-electron chi connectivity index (χ4n) is 2.76. The van der Waals surface area contributed by atoms with Crippen molar-refractivity contribution in [2.24, 2.45) is 0 Å². The van der Waals surface area contributed by atoms with E-state index in [-0.39, 0.29) is 23.8 Å². The Hall–Kier alpha value is -0.620. The maximum absolute atomic E-state index is 12.8. The largest absolute Gasteiger partial charge is 0.364 e. The van der Waals surface area contributed by atoms with Crippen LogP contribution in [0.2, 0.25) is 0 Å². The molecule has 1 aliphatic heterocycles. The second-order valence-electron chi connectivity index (χ2n) is 5.65. The van der Waals surface area contributed by atoms with E-state index in [1.807, 2.05) is 6.92 Å². The molecule has 6 heteroatoms. The van der Waals surface area contributed by atoms with Crippen molar-refractivity contribution >= 4 is 21.4 Å². The number of aliphatic hydroxyl groups is 1. The van der Waals surface area contributed by atoms with Gasteiger partial charge in [-0.3, -0.25) is 0 Å². The number of hydrogen-bond acceptors (Lipinski definition) is 4. The van der Waals surface area contributed by atoms with E-state index in [2.05, 4.69) is 0 Å². The molecule has 2 rings (SSSR count). The summed E-state index contributed by atoms with van der Waals surface area (Å²) in [6.45, 7) is 3.67. The topological polar surface area (TPSA) is 63.6 Å². The van der Waals surface area contributed by atoms with Gasteiger partial charge in [-0.2, -0.15) is 0 Å². The highest BCUT2D eigenvalue weighted by Crippen LogP contribution is 2.39. The van der Waals surface area contributed by atoms with Crippen LogP contribution in [0.3, 0.4) is 0 Å². The maximum Gasteiger partial charge on any atom is 0.186 e. The molecule has 3 atom stereocenters. The van der Waals surface area contributed by atoms with Crippen LogP contribution in [-0.2, 0) is 14.6 Å². The lowest BCUT2D eigenvalue weighted by molar-refractivity contribution is -0.190. The highest BCUT2D eigenvalue weighted by atomic mass is 35.5. The van der Waals surface area contributed by atoms with E-state index in [1.165, 1.54) is 0 Å². The van der Waals surface area contributed by atoms with Gasteiger partial charge in [0.1, 0.15) is 5.25 Å². The lowest BCUT2D eigenvalue weighted by Gasteiger charge is -2.28. The molecule has 0 saturated carbocycles. The molecule has 118 valence electrons. The summed E-state index contributed by atoms with van der Waals surface area (Å²) in [5, 5.41) is 9.69. The third-order valence-electron chi connectivity index (χ3n) is 3.85. The Morgan fingerprint density at radius 3 is 2.57 bits per heavy atom. The molecule has 21 heavy (non-hydrogen) atoms. The molecule has 0 aliphatic carbocycles. The van der Waals surface area contributed by atoms with Gasteiger partial charge in [-0.1, -0.05) is 17.7 Å². The van der Waals surface area contributed by atoms with Crippen molar-refractivity contribution in [3.63, 3.8) is 0 Å². The van der Waals surface area contributed by atoms with Gasteiger partial charge in [0.05, 0.1) is 11.0 Å². The molecule has 1 aromatic rings. The smallest absolute Gasteiger partial charge is 0.186 e. The monoisotopic (exact) mass is 332 g/mol. The Balaban J connectivity index is 2.35. The Morgan fingerprint density at radius 1 is 1.38 bits per heavy atom. The molecule has 0 aromatic heterocycles. The van der Waals surface area contributed by atoms with Crippen molar-refractivity contribution in [3.8, 4) is 0 Å². The highest BCUT2D eigenvalue weighted by molar-refractivity contribution is 7.92. The number of alkyl halides is 1. The molecule has 1 N–H and O–H groups in total. The summed E-state index contributed by atoms with van der Waals surface area (Å²) < 4.78 is 31.1. The average molecular weight is 333 g/mol. The molecule has 0 amide bonds. The Kier molecular flexibility index (Phi) is 4.98. The van der Waals surface area contributed by atoms with Crippen molar-refractivity contribution < 1.29 is 18.3 Å². The van der Waals surface area contributed by atoms with Crippen molar-refractivity contribution in [2.75, 3.05) is 5.88 Å². The Labute approximate surface area is 131 Å². The molecule has 0 spiro atoms. The first kappa shape index (κ1) is 16.7. The number of ether oxygens (including phenoxy) is 1. The van der Waals surface area contributed by atoms with Crippen LogP contribution in [0.5, 0.6) is 0 Å². The summed E-state index contributed by atoms with van der Waals surface area (Å²) >= 11 is 5.66. The van der Waals surface area contributed by atoms with E-state index < -0.39 is 20.9 Å². The zero-order valence-corrected chi connectivity index (χ0v) is 13.8. The summed E-state index contributed by atoms with van der Waals surface area (Å²) in [7, 11) is -3.64. The Bertz CT molecular complexity index is 584. The maximum atomic E-state index is 12.8. The molecule has 1 fully saturated rings. The third kappa shape index (κ3) is 3.42. The quantitative estimate of drug-likeness (QED) is 0.842. The van der Waals surface area contributed by atoms with E-state index in [4.69, 9.17) is 16.3 Å². The molecular weight excluding hydrogens is 312 g/mol. The molecular formula is C15H21ClO4S. The van der Waals surface area contributed by atoms with E-state index in [1.54, 1.807) is 31.2 Å². The number of sulfone groups is 1. The van der Waals surface area contributed by atoms with E-state index in [0.29, 0.717) is 12.3 Å². The van der Waals surface area contributed by atoms with Gasteiger partial charge in [0.15, 0.2) is 15.6 Å². The minimum absolute atomic E-state index is 0.219. The van der Waals surface area contributed by atoms with Gasteiger partial charge in [0.2, 0.25) is 0 Å². The zero-order valence-electron chi connectivity index (χ0n) is 12.3. The summed E-state index contributed by atoms with van der Waals surface area (Å²) in [6.07, 6.45) is 0.714. The van der Waals surface area contributed by atoms with Crippen molar-refractivity contribution in [1.29, 1.82) is 0 Å². The standard InChI is InChI=1S/C15H21ClO4S/c1-11-4-6-13(7-5-11)21(18,19)14-10-12(2)20-15(14,17)8-3-9-16/h4-7,12,14,17H,3,8-10H2,1-2H3/t12-,14?,15?/m0/s1. The van der Waals surface area contributed by atoms with Crippen LogP contribution in [0.4, 0.5) is 0 Å². The van der Waals surface area contributed by atoms with Crippen LogP contribution in [0.15, 0.2) is 29.2 Å². The molecule has 4 nitrogen and oxygen atoms in total. The summed E-state index contributed by atoms with van der Waals surface area (Å²) in [6, 6.07) is 6.67. The predicted octanol–water partition coefficient (Wildman–Crippen LogP) is 2.65. The van der Waals surface area contributed by atoms with Gasteiger partial charge < -0.3 is 9.84 Å². The van der Waals surface area contributed by atoms with Gasteiger partial charge in [-0.05, 0) is 38.8 Å². The number of benzene rings is 1. The first-order valence-electron chi connectivity index (χ1n) is 7.06. The Morgan fingerprint density at radius 2 is 2.00 bits per heavy atom. The fourth-order valence-corrected chi connectivity index (χ4v) is 4.92. The predicted molar refractivity (Wildman–Crippen MR) is 82.2 cm³/mol. The van der Waals surface area contributed by atoms with Gasteiger partial charge in [-0.25, -0.2) is 8.42 Å². The van der Waals surface area contributed by atoms with Crippen LogP contribution < -0.4 is 0 Å². The molecule has 1 aromatic carbocycles. The van der Waals surface area contributed by atoms with E-state index in [0.717, 1.165) is 5.56 Å². The molecule has 0 bridgehead atoms. The van der Waals surface area contributed by atoms with Gasteiger partial charge in [0.25, 0.3) is 0 Å². The number of rotatable bonds is 5. The lowest BCUT2D eigenvalue weighted by Crippen LogP contribution is -2.44. The molecule has 1 heterocycles. The first-order valence-corrected chi connectivity index (χ1v) is 9.14. The summed E-state index contributed by atoms with van der Waals surface area (Å²) in [4.78, 5) is 0.222. The summed E-state index contributed by atoms with van der Waals surface area (Å²) in [5.74, 6) is -1.30. The average Bonchev–Trinajstić information content (AvgIpc) is 2.73. The third-order valence-corrected chi connectivity index (χ3v) is 6.35. The number of halogens is 1. The molecule has 1 saturated heterocycles. The zero-order chi connectivity index (χ0) is 15.7. The number of aryl methyl sites for hydroxylation is 1. The van der Waals surface area contributed by atoms with Crippen LogP contribution in [0, 0.1) is 6.92 Å². The second-order valence-corrected chi connectivity index (χ2v) is 8.16. The fraction of sp³-hybridized carbons (Fsp3) is 0.600. The minimum atomic E-state index is -3.64. The normalized spacial score (nSPS) is 29.7. The molecule has 1 aliphatic rings. The van der Waals surface area contributed by atoms with Crippen molar-refractivity contribution in [2.45, 2.75) is 55.1 Å². The van der Waals surface area contributed by atoms with Crippen molar-refractivity contribution in [3.05, 3.63) is 29.8 Å². The molecule has 2 unspecified atom stereocenters. The molecule has 0 radical (unpaired) electrons. The number of hydrogen-bond donors (Lipinski definition) is 1. The summed E-state index contributed by atoms with van der Waals surface area (Å²) in [5.41, 5.74) is 0.988. The van der Waals surface area contributed by atoms with Crippen molar-refractivity contribution in [1.82, 2.24) is 0 Å². The minimum Gasteiger partial charge on any atom is -0.364 e. The van der Waals surface area contributed by atoms with Gasteiger partial charge in [-0.15, -0.1) is 11.6 Å². The van der Waals surface area contributed by atoms with E-state index >= 15 is 0 Å². The van der Waals surface area contributed by atoms with Gasteiger partial charge >= 0.3 is 0 Å². The van der Waals surface area contributed by atoms with Crippen LogP contribution in [-0.4, -0.2) is 36.5 Å². The van der Waals surface area contributed by atoms with Crippen LogP contribution in [0.1, 0.15) is 31.7 Å². The second kappa shape index (κ2) is 6.24. The SMILES string of the molecule is Cc1ccc(S(=O)(=O)C2C[C@H](C)OC2(O)CCCCl)cc1. The first-order chi connectivity index (χ1) is 9.79. The van der Waals surface area contributed by atoms with Crippen LogP contribution in [0.25, 0.3) is 0 Å². The van der Waals surface area contributed by atoms with Crippen LogP contribution >= 0.6 is 11.6 Å². The van der Waals surface area contributed by atoms with E-state index in [9.17, 15) is 13.5 Å². The lowest BCUT2D eigenvalue weighted by atomic mass is 10.1. The van der Waals surface area contributed by atoms with Gasteiger partial charge in [0, 0.05) is 12.3 Å².